The van der Waals surface area contributed by atoms with Gasteiger partial charge < -0.3 is 15.0 Å². The van der Waals surface area contributed by atoms with Crippen LogP contribution in [0.3, 0.4) is 0 Å². The molecule has 1 aliphatic rings. The fraction of sp³-hybridized carbons (Fsp3) is 0.467. The van der Waals surface area contributed by atoms with Gasteiger partial charge in [0, 0.05) is 19.2 Å². The molecule has 0 atom stereocenters. The standard InChI is InChI=1S/C15H20N4O4S/c1-22-10-9-17-24(20,21)12-5-3-11(4-6-12)13-18-14(19-23-13)15(16)7-2-8-15/h3-6,17H,2,7-10,16H2,1H3. The normalized spacial score (nSPS) is 16.8. The van der Waals surface area contributed by atoms with Crippen LogP contribution in [-0.4, -0.2) is 38.8 Å². The number of aromatic nitrogens is 2. The molecular weight excluding hydrogens is 332 g/mol. The van der Waals surface area contributed by atoms with Gasteiger partial charge in [-0.3, -0.25) is 0 Å². The van der Waals surface area contributed by atoms with Gasteiger partial charge in [-0.25, -0.2) is 13.1 Å². The second kappa shape index (κ2) is 6.60. The highest BCUT2D eigenvalue weighted by Gasteiger charge is 2.39. The summed E-state index contributed by atoms with van der Waals surface area (Å²) in [4.78, 5) is 4.51. The summed E-state index contributed by atoms with van der Waals surface area (Å²) in [5, 5.41) is 3.95. The van der Waals surface area contributed by atoms with Crippen LogP contribution < -0.4 is 10.5 Å². The summed E-state index contributed by atoms with van der Waals surface area (Å²) in [5.41, 5.74) is 6.33. The Kier molecular flexibility index (Phi) is 4.68. The number of sulfonamides is 1. The highest BCUT2D eigenvalue weighted by Crippen LogP contribution is 2.37. The Morgan fingerprint density at radius 1 is 1.33 bits per heavy atom. The number of hydrogen-bond acceptors (Lipinski definition) is 7. The van der Waals surface area contributed by atoms with E-state index in [1.54, 1.807) is 12.1 Å². The average molecular weight is 352 g/mol. The number of benzene rings is 1. The van der Waals surface area contributed by atoms with Crippen molar-refractivity contribution in [1.29, 1.82) is 0 Å². The smallest absolute Gasteiger partial charge is 0.257 e. The molecule has 1 aromatic carbocycles. The van der Waals surface area contributed by atoms with Gasteiger partial charge in [0.1, 0.15) is 0 Å². The highest BCUT2D eigenvalue weighted by molar-refractivity contribution is 7.89. The van der Waals surface area contributed by atoms with E-state index < -0.39 is 15.6 Å². The summed E-state index contributed by atoms with van der Waals surface area (Å²) in [7, 11) is -2.05. The van der Waals surface area contributed by atoms with Crippen molar-refractivity contribution in [2.24, 2.45) is 5.73 Å². The topological polar surface area (TPSA) is 120 Å². The molecule has 0 spiro atoms. The largest absolute Gasteiger partial charge is 0.383 e. The number of rotatable bonds is 7. The third-order valence-corrected chi connectivity index (χ3v) is 5.60. The molecule has 0 bridgehead atoms. The van der Waals surface area contributed by atoms with E-state index in [1.807, 2.05) is 0 Å². The zero-order chi connectivity index (χ0) is 17.2. The molecule has 2 aromatic rings. The molecule has 9 heteroatoms. The van der Waals surface area contributed by atoms with Crippen molar-refractivity contribution in [2.45, 2.75) is 29.7 Å². The fourth-order valence-corrected chi connectivity index (χ4v) is 3.48. The van der Waals surface area contributed by atoms with Crippen molar-refractivity contribution in [3.63, 3.8) is 0 Å². The second-order valence-electron chi connectivity index (χ2n) is 5.85. The first-order valence-corrected chi connectivity index (χ1v) is 9.15. The third kappa shape index (κ3) is 3.34. The summed E-state index contributed by atoms with van der Waals surface area (Å²) in [6.07, 6.45) is 2.75. The molecule has 0 radical (unpaired) electrons. The lowest BCUT2D eigenvalue weighted by Gasteiger charge is -2.34. The van der Waals surface area contributed by atoms with Crippen molar-refractivity contribution in [2.75, 3.05) is 20.3 Å². The van der Waals surface area contributed by atoms with Gasteiger partial charge in [-0.2, -0.15) is 4.98 Å². The van der Waals surface area contributed by atoms with Gasteiger partial charge in [-0.05, 0) is 43.5 Å². The summed E-state index contributed by atoms with van der Waals surface area (Å²) in [5.74, 6) is 0.833. The van der Waals surface area contributed by atoms with E-state index in [4.69, 9.17) is 15.0 Å². The molecule has 3 rings (SSSR count). The predicted molar refractivity (Wildman–Crippen MR) is 86.5 cm³/mol. The van der Waals surface area contributed by atoms with Crippen LogP contribution in [0.5, 0.6) is 0 Å². The Balaban J connectivity index is 1.75. The van der Waals surface area contributed by atoms with Gasteiger partial charge in [0.15, 0.2) is 5.82 Å². The Labute approximate surface area is 140 Å². The summed E-state index contributed by atoms with van der Waals surface area (Å²) < 4.78 is 36.7. The van der Waals surface area contributed by atoms with Gasteiger partial charge >= 0.3 is 0 Å². The van der Waals surface area contributed by atoms with Crippen LogP contribution in [0.15, 0.2) is 33.7 Å². The first kappa shape index (κ1) is 17.0. The van der Waals surface area contributed by atoms with Crippen LogP contribution in [0.2, 0.25) is 0 Å². The molecule has 1 fully saturated rings. The van der Waals surface area contributed by atoms with Crippen LogP contribution in [0, 0.1) is 0 Å². The first-order chi connectivity index (χ1) is 11.4. The van der Waals surface area contributed by atoms with Gasteiger partial charge in [0.05, 0.1) is 17.0 Å². The van der Waals surface area contributed by atoms with E-state index in [-0.39, 0.29) is 11.4 Å². The number of nitrogens with zero attached hydrogens (tertiary/aromatic N) is 2. The number of methoxy groups -OCH3 is 1. The Bertz CT molecular complexity index is 797. The quantitative estimate of drug-likeness (QED) is 0.713. The molecular formula is C15H20N4O4S. The van der Waals surface area contributed by atoms with E-state index in [9.17, 15) is 8.42 Å². The number of ether oxygens (including phenoxy) is 1. The van der Waals surface area contributed by atoms with E-state index in [2.05, 4.69) is 14.9 Å². The molecule has 130 valence electrons. The molecule has 1 heterocycles. The van der Waals surface area contributed by atoms with E-state index in [0.29, 0.717) is 23.9 Å². The predicted octanol–water partition coefficient (Wildman–Crippen LogP) is 0.999. The average Bonchev–Trinajstić information content (AvgIpc) is 3.03. The maximum atomic E-state index is 12.1. The molecule has 0 amide bonds. The van der Waals surface area contributed by atoms with Gasteiger partial charge in [0.25, 0.3) is 5.89 Å². The second-order valence-corrected chi connectivity index (χ2v) is 7.61. The van der Waals surface area contributed by atoms with Crippen LogP contribution in [-0.2, 0) is 20.3 Å². The first-order valence-electron chi connectivity index (χ1n) is 7.67. The SMILES string of the molecule is COCCNS(=O)(=O)c1ccc(-c2nc(C3(N)CCC3)no2)cc1. The lowest BCUT2D eigenvalue weighted by Crippen LogP contribution is -2.44. The molecule has 3 N–H and O–H groups in total. The Morgan fingerprint density at radius 2 is 2.04 bits per heavy atom. The Hall–Kier alpha value is -1.81. The van der Waals surface area contributed by atoms with Crippen LogP contribution in [0.25, 0.3) is 11.5 Å². The lowest BCUT2D eigenvalue weighted by atomic mass is 9.77. The summed E-state index contributed by atoms with van der Waals surface area (Å²) >= 11 is 0. The number of nitrogens with two attached hydrogens (primary N) is 1. The lowest BCUT2D eigenvalue weighted by molar-refractivity contribution is 0.204. The molecule has 24 heavy (non-hydrogen) atoms. The minimum Gasteiger partial charge on any atom is -0.383 e. The van der Waals surface area contributed by atoms with Crippen molar-refractivity contribution in [3.05, 3.63) is 30.1 Å². The van der Waals surface area contributed by atoms with Crippen LogP contribution in [0.1, 0.15) is 25.1 Å². The van der Waals surface area contributed by atoms with E-state index >= 15 is 0 Å². The molecule has 8 nitrogen and oxygen atoms in total. The summed E-state index contributed by atoms with van der Waals surface area (Å²) in [6.45, 7) is 0.523. The van der Waals surface area contributed by atoms with Crippen LogP contribution in [0.4, 0.5) is 0 Å². The zero-order valence-corrected chi connectivity index (χ0v) is 14.2. The molecule has 1 aromatic heterocycles. The van der Waals surface area contributed by atoms with Crippen molar-refractivity contribution < 1.29 is 17.7 Å². The molecule has 1 saturated carbocycles. The maximum Gasteiger partial charge on any atom is 0.257 e. The molecule has 0 unspecified atom stereocenters. The maximum absolute atomic E-state index is 12.1. The highest BCUT2D eigenvalue weighted by atomic mass is 32.2. The van der Waals surface area contributed by atoms with Crippen molar-refractivity contribution in [1.82, 2.24) is 14.9 Å². The van der Waals surface area contributed by atoms with E-state index in [1.165, 1.54) is 19.2 Å². The van der Waals surface area contributed by atoms with E-state index in [0.717, 1.165) is 19.3 Å². The third-order valence-electron chi connectivity index (χ3n) is 4.13. The van der Waals surface area contributed by atoms with Gasteiger partial charge in [0.2, 0.25) is 10.0 Å². The molecule has 1 aliphatic carbocycles. The minimum atomic E-state index is -3.56. The Morgan fingerprint density at radius 3 is 2.62 bits per heavy atom. The van der Waals surface area contributed by atoms with Gasteiger partial charge in [-0.1, -0.05) is 5.16 Å². The number of nitrogens with one attached hydrogen (secondary N) is 1. The zero-order valence-electron chi connectivity index (χ0n) is 13.4. The fourth-order valence-electron chi connectivity index (χ4n) is 2.46. The van der Waals surface area contributed by atoms with Crippen molar-refractivity contribution in [3.8, 4) is 11.5 Å². The number of hydrogen-bond donors (Lipinski definition) is 2. The monoisotopic (exact) mass is 352 g/mol. The summed E-state index contributed by atoms with van der Waals surface area (Å²) in [6, 6.07) is 6.25. The van der Waals surface area contributed by atoms with Crippen LogP contribution >= 0.6 is 0 Å². The molecule has 0 saturated heterocycles. The molecule has 0 aliphatic heterocycles. The minimum absolute atomic E-state index is 0.163. The van der Waals surface area contributed by atoms with Crippen molar-refractivity contribution >= 4 is 10.0 Å². The van der Waals surface area contributed by atoms with Gasteiger partial charge in [-0.15, -0.1) is 0 Å².